The van der Waals surface area contributed by atoms with Gasteiger partial charge in [0.05, 0.1) is 5.69 Å². The zero-order valence-corrected chi connectivity index (χ0v) is 9.00. The first-order valence-corrected chi connectivity index (χ1v) is 5.01. The lowest BCUT2D eigenvalue weighted by atomic mass is 10.1. The Morgan fingerprint density at radius 3 is 2.50 bits per heavy atom. The Balaban J connectivity index is 2.29. The van der Waals surface area contributed by atoms with Gasteiger partial charge in [-0.2, -0.15) is 5.10 Å². The van der Waals surface area contributed by atoms with Crippen molar-refractivity contribution in [2.75, 3.05) is 0 Å². The Bertz CT molecular complexity index is 509. The molecule has 1 aromatic heterocycles. The number of benzene rings is 1. The summed E-state index contributed by atoms with van der Waals surface area (Å²) in [5.41, 5.74) is 3.20. The molecular weight excluding hydrogens is 200 g/mol. The van der Waals surface area contributed by atoms with Crippen LogP contribution < -0.4 is 0 Å². The van der Waals surface area contributed by atoms with Crippen LogP contribution in [0.5, 0.6) is 0 Å². The van der Waals surface area contributed by atoms with Gasteiger partial charge in [0.2, 0.25) is 0 Å². The standard InChI is InChI=1S/C13H12N2O/c1-15-13(8-9-14-15)12-6-4-11(5-7-12)3-2-10-16/h2-10H,1H3. The van der Waals surface area contributed by atoms with Crippen LogP contribution >= 0.6 is 0 Å². The first-order chi connectivity index (χ1) is 7.81. The van der Waals surface area contributed by atoms with Gasteiger partial charge in [0.15, 0.2) is 0 Å². The summed E-state index contributed by atoms with van der Waals surface area (Å²) in [4.78, 5) is 10.2. The fourth-order valence-electron chi connectivity index (χ4n) is 1.57. The smallest absolute Gasteiger partial charge is 0.142 e. The second-order valence-corrected chi connectivity index (χ2v) is 3.46. The lowest BCUT2D eigenvalue weighted by molar-refractivity contribution is -0.104. The quantitative estimate of drug-likeness (QED) is 0.578. The number of nitrogens with zero attached hydrogens (tertiary/aromatic N) is 2. The number of hydrogen-bond acceptors (Lipinski definition) is 2. The molecule has 0 aliphatic rings. The summed E-state index contributed by atoms with van der Waals surface area (Å²) >= 11 is 0. The topological polar surface area (TPSA) is 34.9 Å². The molecule has 0 spiro atoms. The van der Waals surface area contributed by atoms with Crippen LogP contribution in [0.3, 0.4) is 0 Å². The number of aryl methyl sites for hydroxylation is 1. The summed E-state index contributed by atoms with van der Waals surface area (Å²) in [6, 6.07) is 9.95. The van der Waals surface area contributed by atoms with Gasteiger partial charge >= 0.3 is 0 Å². The monoisotopic (exact) mass is 212 g/mol. The van der Waals surface area contributed by atoms with Gasteiger partial charge in [0.1, 0.15) is 6.29 Å². The number of allylic oxidation sites excluding steroid dienone is 1. The molecule has 0 aliphatic heterocycles. The maximum absolute atomic E-state index is 10.2. The lowest BCUT2D eigenvalue weighted by Crippen LogP contribution is -1.92. The molecule has 1 heterocycles. The molecule has 80 valence electrons. The van der Waals surface area contributed by atoms with Crippen molar-refractivity contribution in [2.45, 2.75) is 0 Å². The van der Waals surface area contributed by atoms with Crippen molar-refractivity contribution in [3.8, 4) is 11.3 Å². The molecule has 0 bridgehead atoms. The highest BCUT2D eigenvalue weighted by molar-refractivity contribution is 5.74. The van der Waals surface area contributed by atoms with Crippen LogP contribution in [-0.2, 0) is 11.8 Å². The number of aromatic nitrogens is 2. The third-order valence-electron chi connectivity index (χ3n) is 2.39. The molecule has 16 heavy (non-hydrogen) atoms. The highest BCUT2D eigenvalue weighted by atomic mass is 16.1. The summed E-state index contributed by atoms with van der Waals surface area (Å²) in [6.45, 7) is 0. The van der Waals surface area contributed by atoms with E-state index in [-0.39, 0.29) is 0 Å². The van der Waals surface area contributed by atoms with Gasteiger partial charge in [-0.1, -0.05) is 30.3 Å². The molecule has 0 amide bonds. The lowest BCUT2D eigenvalue weighted by Gasteiger charge is -2.02. The van der Waals surface area contributed by atoms with Gasteiger partial charge in [0.25, 0.3) is 0 Å². The molecule has 0 unspecified atom stereocenters. The third-order valence-corrected chi connectivity index (χ3v) is 2.39. The largest absolute Gasteiger partial charge is 0.299 e. The molecule has 3 heteroatoms. The summed E-state index contributed by atoms with van der Waals surface area (Å²) < 4.78 is 1.83. The van der Waals surface area contributed by atoms with E-state index in [4.69, 9.17) is 0 Å². The van der Waals surface area contributed by atoms with Crippen LogP contribution in [0.2, 0.25) is 0 Å². The minimum absolute atomic E-state index is 0.773. The molecule has 3 nitrogen and oxygen atoms in total. The molecule has 0 saturated carbocycles. The average Bonchev–Trinajstić information content (AvgIpc) is 2.74. The molecule has 0 radical (unpaired) electrons. The summed E-state index contributed by atoms with van der Waals surface area (Å²) in [7, 11) is 1.91. The molecule has 0 fully saturated rings. The second-order valence-electron chi connectivity index (χ2n) is 3.46. The number of carbonyl (C=O) groups is 1. The van der Waals surface area contributed by atoms with E-state index in [2.05, 4.69) is 5.10 Å². The summed E-state index contributed by atoms with van der Waals surface area (Å²) in [6.07, 6.45) is 5.81. The van der Waals surface area contributed by atoms with E-state index in [1.807, 2.05) is 42.1 Å². The Labute approximate surface area is 94.0 Å². The number of rotatable bonds is 3. The number of aldehydes is 1. The van der Waals surface area contributed by atoms with Crippen molar-refractivity contribution in [1.29, 1.82) is 0 Å². The minimum Gasteiger partial charge on any atom is -0.299 e. The van der Waals surface area contributed by atoms with E-state index in [0.29, 0.717) is 0 Å². The molecule has 0 N–H and O–H groups in total. The second kappa shape index (κ2) is 4.57. The van der Waals surface area contributed by atoms with Crippen molar-refractivity contribution in [2.24, 2.45) is 7.05 Å². The maximum atomic E-state index is 10.2. The minimum atomic E-state index is 0.773. The fraction of sp³-hybridized carbons (Fsp3) is 0.0769. The molecule has 2 aromatic rings. The third kappa shape index (κ3) is 2.08. The Kier molecular flexibility index (Phi) is 2.96. The number of carbonyl (C=O) groups excluding carboxylic acids is 1. The van der Waals surface area contributed by atoms with E-state index in [1.165, 1.54) is 6.08 Å². The van der Waals surface area contributed by atoms with Gasteiger partial charge < -0.3 is 0 Å². The van der Waals surface area contributed by atoms with Crippen LogP contribution in [0.4, 0.5) is 0 Å². The van der Waals surface area contributed by atoms with Crippen molar-refractivity contribution in [1.82, 2.24) is 9.78 Å². The highest BCUT2D eigenvalue weighted by Gasteiger charge is 2.00. The van der Waals surface area contributed by atoms with Crippen LogP contribution in [-0.4, -0.2) is 16.1 Å². The SMILES string of the molecule is Cn1nccc1-c1ccc(C=CC=O)cc1. The predicted molar refractivity (Wildman–Crippen MR) is 63.7 cm³/mol. The number of hydrogen-bond donors (Lipinski definition) is 0. The van der Waals surface area contributed by atoms with Crippen molar-refractivity contribution >= 4 is 12.4 Å². The van der Waals surface area contributed by atoms with E-state index in [9.17, 15) is 4.79 Å². The van der Waals surface area contributed by atoms with Crippen LogP contribution in [0, 0.1) is 0 Å². The van der Waals surface area contributed by atoms with E-state index in [0.717, 1.165) is 23.1 Å². The van der Waals surface area contributed by atoms with E-state index >= 15 is 0 Å². The van der Waals surface area contributed by atoms with Crippen LogP contribution in [0.15, 0.2) is 42.6 Å². The molecule has 0 atom stereocenters. The van der Waals surface area contributed by atoms with Crippen molar-refractivity contribution < 1.29 is 4.79 Å². The van der Waals surface area contributed by atoms with E-state index in [1.54, 1.807) is 12.3 Å². The van der Waals surface area contributed by atoms with Gasteiger partial charge in [0, 0.05) is 13.2 Å². The summed E-state index contributed by atoms with van der Waals surface area (Å²) in [5, 5.41) is 4.12. The Hall–Kier alpha value is -2.16. The average molecular weight is 212 g/mol. The molecule has 2 rings (SSSR count). The van der Waals surface area contributed by atoms with Gasteiger partial charge in [-0.05, 0) is 23.3 Å². The van der Waals surface area contributed by atoms with E-state index < -0.39 is 0 Å². The Morgan fingerprint density at radius 1 is 1.19 bits per heavy atom. The molecule has 1 aromatic carbocycles. The van der Waals surface area contributed by atoms with Gasteiger partial charge in [-0.3, -0.25) is 9.48 Å². The fourth-order valence-corrected chi connectivity index (χ4v) is 1.57. The summed E-state index contributed by atoms with van der Waals surface area (Å²) in [5.74, 6) is 0. The molecule has 0 saturated heterocycles. The van der Waals surface area contributed by atoms with Crippen LogP contribution in [0.25, 0.3) is 17.3 Å². The predicted octanol–water partition coefficient (Wildman–Crippen LogP) is 2.30. The van der Waals surface area contributed by atoms with Crippen LogP contribution in [0.1, 0.15) is 5.56 Å². The zero-order chi connectivity index (χ0) is 11.4. The van der Waals surface area contributed by atoms with Gasteiger partial charge in [-0.15, -0.1) is 0 Å². The molecule has 0 aliphatic carbocycles. The van der Waals surface area contributed by atoms with Gasteiger partial charge in [-0.25, -0.2) is 0 Å². The van der Waals surface area contributed by atoms with Crippen molar-refractivity contribution in [3.63, 3.8) is 0 Å². The Morgan fingerprint density at radius 2 is 1.94 bits per heavy atom. The normalized spacial score (nSPS) is 10.8. The maximum Gasteiger partial charge on any atom is 0.142 e. The van der Waals surface area contributed by atoms with Crippen molar-refractivity contribution in [3.05, 3.63) is 48.2 Å². The zero-order valence-electron chi connectivity index (χ0n) is 9.00. The highest BCUT2D eigenvalue weighted by Crippen LogP contribution is 2.18. The first kappa shape index (κ1) is 10.4. The molecular formula is C13H12N2O. The first-order valence-electron chi connectivity index (χ1n) is 5.01.